The molecule has 0 aromatic heterocycles. The fourth-order valence-electron chi connectivity index (χ4n) is 9.62. The van der Waals surface area contributed by atoms with E-state index >= 15 is 0 Å². The monoisotopic (exact) mass is 1170 g/mol. The van der Waals surface area contributed by atoms with Crippen LogP contribution in [0.3, 0.4) is 0 Å². The van der Waals surface area contributed by atoms with Gasteiger partial charge in [-0.1, -0.05) is 60.7 Å². The number of benzene rings is 5. The summed E-state index contributed by atoms with van der Waals surface area (Å²) >= 11 is 0. The van der Waals surface area contributed by atoms with Crippen molar-refractivity contribution in [3.8, 4) is 34.5 Å². The first-order valence-corrected chi connectivity index (χ1v) is 28.4. The summed E-state index contributed by atoms with van der Waals surface area (Å²) in [7, 11) is 3.81. The normalized spacial score (nSPS) is 19.3. The number of rotatable bonds is 10. The Morgan fingerprint density at radius 1 is 0.571 bits per heavy atom. The summed E-state index contributed by atoms with van der Waals surface area (Å²) in [6, 6.07) is 19.7. The van der Waals surface area contributed by atoms with Gasteiger partial charge in [-0.05, 0) is 198 Å². The minimum atomic E-state index is -1.28. The molecule has 10 N–H and O–H groups in total. The fraction of sp³-hybridized carbons (Fsp3) is 0.485. The van der Waals surface area contributed by atoms with Crippen molar-refractivity contribution in [2.45, 2.75) is 190 Å². The number of nitrogens with one attached hydrogen (secondary N) is 1. The van der Waals surface area contributed by atoms with Crippen molar-refractivity contribution < 1.29 is 84.3 Å². The number of esters is 1. The third kappa shape index (κ3) is 16.9. The van der Waals surface area contributed by atoms with Crippen molar-refractivity contribution in [2.24, 2.45) is 0 Å². The Morgan fingerprint density at radius 3 is 1.14 bits per heavy atom. The maximum atomic E-state index is 11.3. The van der Waals surface area contributed by atoms with Gasteiger partial charge in [0.15, 0.2) is 0 Å². The molecule has 5 aromatic carbocycles. The highest BCUT2D eigenvalue weighted by atomic mass is 16.5. The number of aliphatic carboxylic acids is 3. The highest BCUT2D eigenvalue weighted by Crippen LogP contribution is 2.46. The Hall–Kier alpha value is -7.38. The molecule has 0 radical (unpaired) electrons. The number of carbonyl (C=O) groups excluding carboxylic acids is 2. The molecule has 0 amide bonds. The van der Waals surface area contributed by atoms with E-state index in [2.05, 4.69) is 10.1 Å². The van der Waals surface area contributed by atoms with Crippen LogP contribution in [0.25, 0.3) is 0 Å². The molecule has 2 unspecified atom stereocenters. The molecule has 0 fully saturated rings. The number of phenols is 3. The van der Waals surface area contributed by atoms with Crippen LogP contribution < -0.4 is 30.0 Å². The molecule has 3 aliphatic heterocycles. The van der Waals surface area contributed by atoms with Crippen LogP contribution >= 0.6 is 0 Å². The summed E-state index contributed by atoms with van der Waals surface area (Å²) in [4.78, 5) is 43.5. The molecule has 18 heteroatoms. The van der Waals surface area contributed by atoms with Crippen molar-refractivity contribution >= 4 is 23.9 Å². The number of likely N-dealkylation sites (N-methyl/N-ethyl adjacent to an activating group) is 2. The molecule has 3 aliphatic rings. The minimum Gasteiger partial charge on any atom is -0.546 e. The van der Waals surface area contributed by atoms with Gasteiger partial charge in [0.25, 0.3) is 0 Å². The first kappa shape index (κ1) is 70.9. The zero-order chi connectivity index (χ0) is 63.9. The lowest BCUT2D eigenvalue weighted by molar-refractivity contribution is -0.669. The molecule has 5 aromatic rings. The van der Waals surface area contributed by atoms with E-state index in [0.29, 0.717) is 62.4 Å². The summed E-state index contributed by atoms with van der Waals surface area (Å²) in [5.41, 5.74) is 8.08. The molecule has 84 heavy (non-hydrogen) atoms. The van der Waals surface area contributed by atoms with Gasteiger partial charge in [-0.3, -0.25) is 4.79 Å². The second-order valence-corrected chi connectivity index (χ2v) is 22.4. The standard InChI is InChI=1S/3C14H18O4.2C10H15NO.C4H8O2/c3*1-7-8(2)12-10(9(3)11(7)15)5-6-14(4,18-12)13(16)17;2*1-8(11-2)10(12)9-6-4-3-5-7-9;1-3-6-4(2)5/h3*15H,5-6H2,1-4H3,(H,16,17);2*3-8,10-12H,1-2H3;3H2,1-2H3/t14-;;;2*8-,10+;/m0..00./s1. The first-order valence-electron chi connectivity index (χ1n) is 28.4. The number of quaternary nitrogens is 1. The van der Waals surface area contributed by atoms with Crippen molar-refractivity contribution in [1.82, 2.24) is 5.32 Å². The minimum absolute atomic E-state index is 0.0902. The molecule has 3 heterocycles. The molecule has 8 rings (SSSR count). The highest BCUT2D eigenvalue weighted by molar-refractivity contribution is 5.79. The molecular weight excluding hydrogens is 1080 g/mol. The third-order valence-corrected chi connectivity index (χ3v) is 16.5. The zero-order valence-corrected chi connectivity index (χ0v) is 52.4. The largest absolute Gasteiger partial charge is 0.546 e. The number of nitrogens with two attached hydrogens (primary N) is 1. The molecule has 462 valence electrons. The number of aliphatic hydroxyl groups is 2. The lowest BCUT2D eigenvalue weighted by atomic mass is 9.87. The number of hydrogen-bond donors (Lipinski definition) is 9. The summed E-state index contributed by atoms with van der Waals surface area (Å²) < 4.78 is 21.5. The van der Waals surface area contributed by atoms with Crippen LogP contribution in [0.15, 0.2) is 60.7 Å². The molecule has 0 saturated carbocycles. The summed E-state index contributed by atoms with van der Waals surface area (Å²) in [6.07, 6.45) is 2.19. The van der Waals surface area contributed by atoms with Crippen molar-refractivity contribution in [2.75, 3.05) is 20.7 Å². The number of phenolic OH excluding ortho intramolecular Hbond substituents is 3. The van der Waals surface area contributed by atoms with E-state index in [1.54, 1.807) is 27.7 Å². The average molecular weight is 1170 g/mol. The molecule has 0 saturated heterocycles. The average Bonchev–Trinajstić information content (AvgIpc) is 1.86. The number of hydrogen-bond acceptors (Lipinski definition) is 15. The molecule has 0 aliphatic carbocycles. The third-order valence-electron chi connectivity index (χ3n) is 16.5. The Kier molecular flexibility index (Phi) is 25.7. The van der Waals surface area contributed by atoms with Crippen molar-refractivity contribution in [1.29, 1.82) is 0 Å². The topological polar surface area (TPSA) is 299 Å². The van der Waals surface area contributed by atoms with Gasteiger partial charge in [0, 0.05) is 42.5 Å². The number of carboxylic acids is 3. The van der Waals surface area contributed by atoms with Crippen LogP contribution in [0.1, 0.15) is 158 Å². The van der Waals surface area contributed by atoms with E-state index in [4.69, 9.17) is 14.2 Å². The summed E-state index contributed by atoms with van der Waals surface area (Å²) in [5, 5.41) is 84.1. The Balaban J connectivity index is 0.000000271. The van der Waals surface area contributed by atoms with Crippen LogP contribution in [0.2, 0.25) is 0 Å². The lowest BCUT2D eigenvalue weighted by Crippen LogP contribution is -2.86. The van der Waals surface area contributed by atoms with Gasteiger partial charge in [0.1, 0.15) is 52.2 Å². The number of carbonyl (C=O) groups is 4. The van der Waals surface area contributed by atoms with Gasteiger partial charge >= 0.3 is 17.9 Å². The second kappa shape index (κ2) is 30.4. The van der Waals surface area contributed by atoms with Gasteiger partial charge in [-0.15, -0.1) is 0 Å². The van der Waals surface area contributed by atoms with Gasteiger partial charge in [0.2, 0.25) is 11.2 Å². The number of fused-ring (bicyclic) bond motifs is 3. The molecule has 0 spiro atoms. The van der Waals surface area contributed by atoms with Crippen LogP contribution in [0.5, 0.6) is 34.5 Å². The fourth-order valence-corrected chi connectivity index (χ4v) is 9.62. The van der Waals surface area contributed by atoms with E-state index in [-0.39, 0.29) is 41.4 Å². The number of aliphatic hydroxyl groups excluding tert-OH is 2. The van der Waals surface area contributed by atoms with E-state index in [1.165, 1.54) is 13.8 Å². The Labute approximate surface area is 495 Å². The van der Waals surface area contributed by atoms with Gasteiger partial charge in [0.05, 0.1) is 25.7 Å². The van der Waals surface area contributed by atoms with Crippen molar-refractivity contribution in [3.05, 3.63) is 139 Å². The Bertz CT molecular complexity index is 2810. The Morgan fingerprint density at radius 2 is 0.881 bits per heavy atom. The summed E-state index contributed by atoms with van der Waals surface area (Å²) in [5.74, 6) is -0.631. The second-order valence-electron chi connectivity index (χ2n) is 22.4. The van der Waals surface area contributed by atoms with Crippen LogP contribution in [-0.4, -0.2) is 109 Å². The quantitative estimate of drug-likeness (QED) is 0.0594. The maximum absolute atomic E-state index is 11.3. The van der Waals surface area contributed by atoms with Gasteiger partial charge < -0.3 is 75.2 Å². The van der Waals surface area contributed by atoms with Crippen LogP contribution in [0.4, 0.5) is 0 Å². The molecular formula is C66H92N2O16. The molecule has 7 atom stereocenters. The van der Waals surface area contributed by atoms with E-state index in [0.717, 1.165) is 77.9 Å². The number of carboxylic acid groups (broad SMARTS) is 3. The smallest absolute Gasteiger partial charge is 0.347 e. The van der Waals surface area contributed by atoms with Crippen molar-refractivity contribution in [3.63, 3.8) is 0 Å². The molecule has 18 nitrogen and oxygen atoms in total. The maximum Gasteiger partial charge on any atom is 0.347 e. The van der Waals surface area contributed by atoms with Gasteiger partial charge in [-0.2, -0.15) is 0 Å². The number of ether oxygens (including phenoxy) is 4. The highest BCUT2D eigenvalue weighted by Gasteiger charge is 2.42. The predicted octanol–water partition coefficient (Wildman–Crippen LogP) is 8.32. The lowest BCUT2D eigenvalue weighted by Gasteiger charge is -2.38. The van der Waals surface area contributed by atoms with Crippen LogP contribution in [-0.2, 0) is 43.2 Å². The summed E-state index contributed by atoms with van der Waals surface area (Å²) in [6.45, 7) is 28.8. The predicted molar refractivity (Wildman–Crippen MR) is 320 cm³/mol. The molecule has 0 bridgehead atoms. The van der Waals surface area contributed by atoms with E-state index in [1.807, 2.05) is 149 Å². The SMILES string of the molecule is CCOC(C)=O.CN[C@@H](C)[C@@H](O)c1ccccc1.C[NH2+][C@@H](C)[C@@H](O)c1ccccc1.Cc1c(C)c2c(c(C)c1O)CCC(C)(C(=O)O)O2.Cc1c(C)c2c(c(C)c1O)CCC(C)(C(=O)[O-])O2.Cc1c(C)c2c(c(C)c1O)CC[C@@](C)(C(=O)O)O2. The van der Waals surface area contributed by atoms with E-state index in [9.17, 15) is 60.0 Å². The van der Waals surface area contributed by atoms with E-state index < -0.39 is 40.8 Å². The van der Waals surface area contributed by atoms with Crippen LogP contribution in [0, 0.1) is 62.3 Å². The number of aromatic hydroxyl groups is 3. The zero-order valence-electron chi connectivity index (χ0n) is 52.4. The van der Waals surface area contributed by atoms with Gasteiger partial charge in [-0.25, -0.2) is 9.59 Å². The first-order chi connectivity index (χ1) is 39.1.